The van der Waals surface area contributed by atoms with Crippen molar-refractivity contribution in [2.75, 3.05) is 18.6 Å². The summed E-state index contributed by atoms with van der Waals surface area (Å²) in [4.78, 5) is 13.9. The van der Waals surface area contributed by atoms with Crippen LogP contribution in [0.2, 0.25) is 0 Å². The first-order valence-corrected chi connectivity index (χ1v) is 9.31. The molecule has 1 fully saturated rings. The average molecular weight is 349 g/mol. The molecular weight excluding hydrogens is 331 g/mol. The van der Waals surface area contributed by atoms with Crippen molar-refractivity contribution in [3.8, 4) is 0 Å². The fourth-order valence-corrected chi connectivity index (χ4v) is 3.85. The highest BCUT2D eigenvalue weighted by atomic mass is 32.2. The SMILES string of the molecule is CS(=O)(=O)CC1CCCCN1C(=O)c1ccc(F)c(C(F)F)c1. The van der Waals surface area contributed by atoms with E-state index in [1.54, 1.807) is 0 Å². The Morgan fingerprint density at radius 3 is 2.65 bits per heavy atom. The molecule has 0 radical (unpaired) electrons. The van der Waals surface area contributed by atoms with Gasteiger partial charge in [0.15, 0.2) is 0 Å². The van der Waals surface area contributed by atoms with Crippen LogP contribution in [0.3, 0.4) is 0 Å². The van der Waals surface area contributed by atoms with Crippen molar-refractivity contribution in [1.82, 2.24) is 4.90 Å². The summed E-state index contributed by atoms with van der Waals surface area (Å²) in [7, 11) is -3.27. The Bertz CT molecular complexity index is 691. The Morgan fingerprint density at radius 1 is 1.35 bits per heavy atom. The van der Waals surface area contributed by atoms with Crippen LogP contribution in [0.4, 0.5) is 13.2 Å². The van der Waals surface area contributed by atoms with Gasteiger partial charge in [-0.25, -0.2) is 21.6 Å². The molecule has 0 bridgehead atoms. The van der Waals surface area contributed by atoms with Gasteiger partial charge in [-0.2, -0.15) is 0 Å². The Balaban J connectivity index is 2.28. The van der Waals surface area contributed by atoms with Crippen molar-refractivity contribution >= 4 is 15.7 Å². The molecule has 0 saturated carbocycles. The van der Waals surface area contributed by atoms with E-state index in [1.807, 2.05) is 0 Å². The molecule has 128 valence electrons. The van der Waals surface area contributed by atoms with E-state index in [0.717, 1.165) is 37.3 Å². The Labute approximate surface area is 133 Å². The number of carbonyl (C=O) groups is 1. The summed E-state index contributed by atoms with van der Waals surface area (Å²) in [6, 6.07) is 2.35. The average Bonchev–Trinajstić information content (AvgIpc) is 2.45. The summed E-state index contributed by atoms with van der Waals surface area (Å²) < 4.78 is 61.9. The topological polar surface area (TPSA) is 54.5 Å². The van der Waals surface area contributed by atoms with E-state index in [9.17, 15) is 26.4 Å². The second-order valence-corrected chi connectivity index (χ2v) is 7.96. The fourth-order valence-electron chi connectivity index (χ4n) is 2.80. The molecule has 1 aliphatic rings. The zero-order chi connectivity index (χ0) is 17.2. The fraction of sp³-hybridized carbons (Fsp3) is 0.533. The van der Waals surface area contributed by atoms with Crippen molar-refractivity contribution in [3.63, 3.8) is 0 Å². The zero-order valence-electron chi connectivity index (χ0n) is 12.6. The normalized spacial score (nSPS) is 19.2. The maximum absolute atomic E-state index is 13.3. The highest BCUT2D eigenvalue weighted by molar-refractivity contribution is 7.90. The van der Waals surface area contributed by atoms with Crippen LogP contribution in [0, 0.1) is 5.82 Å². The molecule has 1 atom stereocenters. The molecule has 0 spiro atoms. The molecule has 8 heteroatoms. The van der Waals surface area contributed by atoms with Gasteiger partial charge in [0.1, 0.15) is 15.7 Å². The van der Waals surface area contributed by atoms with Crippen LogP contribution in [0.1, 0.15) is 41.6 Å². The first kappa shape index (κ1) is 17.8. The number of nitrogens with zero attached hydrogens (tertiary/aromatic N) is 1. The minimum Gasteiger partial charge on any atom is -0.335 e. The van der Waals surface area contributed by atoms with Gasteiger partial charge in [0.05, 0.1) is 11.3 Å². The monoisotopic (exact) mass is 349 g/mol. The van der Waals surface area contributed by atoms with Crippen LogP contribution in [0.25, 0.3) is 0 Å². The number of hydrogen-bond donors (Lipinski definition) is 0. The smallest absolute Gasteiger partial charge is 0.266 e. The van der Waals surface area contributed by atoms with Gasteiger partial charge >= 0.3 is 0 Å². The quantitative estimate of drug-likeness (QED) is 0.840. The highest BCUT2D eigenvalue weighted by Crippen LogP contribution is 2.26. The van der Waals surface area contributed by atoms with Crippen LogP contribution in [-0.4, -0.2) is 43.8 Å². The predicted molar refractivity (Wildman–Crippen MR) is 79.7 cm³/mol. The molecule has 1 aromatic rings. The van der Waals surface area contributed by atoms with E-state index < -0.39 is 39.6 Å². The molecule has 1 aromatic carbocycles. The predicted octanol–water partition coefficient (Wildman–Crippen LogP) is 2.80. The number of likely N-dealkylation sites (tertiary alicyclic amines) is 1. The number of amides is 1. The van der Waals surface area contributed by atoms with Gasteiger partial charge in [0.25, 0.3) is 12.3 Å². The summed E-state index contributed by atoms with van der Waals surface area (Å²) in [6.45, 7) is 0.362. The van der Waals surface area contributed by atoms with E-state index in [-0.39, 0.29) is 11.3 Å². The van der Waals surface area contributed by atoms with Crippen molar-refractivity contribution in [3.05, 3.63) is 35.1 Å². The minimum absolute atomic E-state index is 0.0536. The van der Waals surface area contributed by atoms with Gasteiger partial charge in [0.2, 0.25) is 0 Å². The standard InChI is InChI=1S/C15H18F3NO3S/c1-23(21,22)9-11-4-2-3-7-19(11)15(20)10-5-6-13(16)12(8-10)14(17)18/h5-6,8,11,14H,2-4,7,9H2,1H3. The third-order valence-corrected chi connectivity index (χ3v) is 4.85. The Hall–Kier alpha value is -1.57. The number of benzene rings is 1. The number of sulfone groups is 1. The van der Waals surface area contributed by atoms with Crippen molar-refractivity contribution in [2.24, 2.45) is 0 Å². The van der Waals surface area contributed by atoms with Crippen molar-refractivity contribution in [1.29, 1.82) is 0 Å². The molecule has 23 heavy (non-hydrogen) atoms. The first-order chi connectivity index (χ1) is 10.7. The van der Waals surface area contributed by atoms with E-state index in [0.29, 0.717) is 13.0 Å². The van der Waals surface area contributed by atoms with Gasteiger partial charge in [-0.15, -0.1) is 0 Å². The lowest BCUT2D eigenvalue weighted by molar-refractivity contribution is 0.0638. The second kappa shape index (κ2) is 6.90. The Kier molecular flexibility index (Phi) is 5.33. The van der Waals surface area contributed by atoms with E-state index in [1.165, 1.54) is 4.90 Å². The number of carbonyl (C=O) groups excluding carboxylic acids is 1. The number of halogens is 3. The molecule has 2 rings (SSSR count). The van der Waals surface area contributed by atoms with Crippen LogP contribution in [0.5, 0.6) is 0 Å². The molecule has 0 aromatic heterocycles. The second-order valence-electron chi connectivity index (χ2n) is 5.78. The summed E-state index contributed by atoms with van der Waals surface area (Å²) in [5.74, 6) is -1.77. The third kappa shape index (κ3) is 4.46. The van der Waals surface area contributed by atoms with Gasteiger partial charge in [-0.3, -0.25) is 4.79 Å². The lowest BCUT2D eigenvalue weighted by atomic mass is 10.0. The molecule has 1 heterocycles. The minimum atomic E-state index is -3.27. The van der Waals surface area contributed by atoms with Gasteiger partial charge in [-0.1, -0.05) is 0 Å². The van der Waals surface area contributed by atoms with Crippen LogP contribution in [-0.2, 0) is 9.84 Å². The molecule has 1 amide bonds. The summed E-state index contributed by atoms with van der Waals surface area (Å²) in [5, 5.41) is 0. The lowest BCUT2D eigenvalue weighted by Gasteiger charge is -2.35. The maximum atomic E-state index is 13.3. The molecule has 1 saturated heterocycles. The summed E-state index contributed by atoms with van der Waals surface area (Å²) >= 11 is 0. The molecular formula is C15H18F3NO3S. The largest absolute Gasteiger partial charge is 0.335 e. The number of piperidine rings is 1. The molecule has 0 aliphatic carbocycles. The van der Waals surface area contributed by atoms with Crippen molar-refractivity contribution < 1.29 is 26.4 Å². The maximum Gasteiger partial charge on any atom is 0.266 e. The van der Waals surface area contributed by atoms with E-state index in [2.05, 4.69) is 0 Å². The zero-order valence-corrected chi connectivity index (χ0v) is 13.5. The lowest BCUT2D eigenvalue weighted by Crippen LogP contribution is -2.47. The number of rotatable bonds is 4. The Morgan fingerprint density at radius 2 is 2.04 bits per heavy atom. The van der Waals surface area contributed by atoms with E-state index in [4.69, 9.17) is 0 Å². The first-order valence-electron chi connectivity index (χ1n) is 7.25. The van der Waals surface area contributed by atoms with E-state index >= 15 is 0 Å². The van der Waals surface area contributed by atoms with Crippen LogP contribution < -0.4 is 0 Å². The number of hydrogen-bond acceptors (Lipinski definition) is 3. The van der Waals surface area contributed by atoms with Gasteiger partial charge in [-0.05, 0) is 37.5 Å². The molecule has 1 aliphatic heterocycles. The molecule has 4 nitrogen and oxygen atoms in total. The summed E-state index contributed by atoms with van der Waals surface area (Å²) in [6.07, 6.45) is 0.138. The highest BCUT2D eigenvalue weighted by Gasteiger charge is 2.30. The molecule has 0 N–H and O–H groups in total. The third-order valence-electron chi connectivity index (χ3n) is 3.86. The van der Waals surface area contributed by atoms with Gasteiger partial charge < -0.3 is 4.90 Å². The van der Waals surface area contributed by atoms with Crippen LogP contribution in [0.15, 0.2) is 18.2 Å². The number of alkyl halides is 2. The molecule has 1 unspecified atom stereocenters. The van der Waals surface area contributed by atoms with Gasteiger partial charge in [0, 0.05) is 24.4 Å². The summed E-state index contributed by atoms with van der Waals surface area (Å²) in [5.41, 5.74) is -0.880. The van der Waals surface area contributed by atoms with Crippen LogP contribution >= 0.6 is 0 Å². The van der Waals surface area contributed by atoms with Crippen molar-refractivity contribution in [2.45, 2.75) is 31.7 Å².